The summed E-state index contributed by atoms with van der Waals surface area (Å²) in [6.45, 7) is 3.67. The Balaban J connectivity index is 2.10. The minimum absolute atomic E-state index is 0.0264. The highest BCUT2D eigenvalue weighted by Crippen LogP contribution is 2.27. The zero-order valence-electron chi connectivity index (χ0n) is 12.9. The molecular formula is C18H19ClO3. The lowest BCUT2D eigenvalue weighted by molar-refractivity contribution is 0.0862. The van der Waals surface area contributed by atoms with Crippen molar-refractivity contribution in [2.75, 3.05) is 13.0 Å². The van der Waals surface area contributed by atoms with E-state index in [0.29, 0.717) is 17.1 Å². The summed E-state index contributed by atoms with van der Waals surface area (Å²) in [5.41, 5.74) is 0.0626. The fourth-order valence-electron chi connectivity index (χ4n) is 1.91. The molecule has 22 heavy (non-hydrogen) atoms. The smallest absolute Gasteiger partial charge is 0.169 e. The molecule has 0 unspecified atom stereocenters. The second-order valence-electron chi connectivity index (χ2n) is 5.65. The van der Waals surface area contributed by atoms with E-state index in [1.54, 1.807) is 31.4 Å². The number of hydrogen-bond acceptors (Lipinski definition) is 3. The van der Waals surface area contributed by atoms with Crippen molar-refractivity contribution >= 4 is 17.4 Å². The first kappa shape index (κ1) is 16.4. The van der Waals surface area contributed by atoms with Crippen molar-refractivity contribution < 1.29 is 14.3 Å². The molecule has 4 heteroatoms. The number of hydrogen-bond donors (Lipinski definition) is 0. The highest BCUT2D eigenvalue weighted by atomic mass is 35.5. The molecule has 116 valence electrons. The van der Waals surface area contributed by atoms with Gasteiger partial charge in [0, 0.05) is 16.9 Å². The first-order valence-corrected chi connectivity index (χ1v) is 7.52. The summed E-state index contributed by atoms with van der Waals surface area (Å²) in [6, 6.07) is 14.4. The Kier molecular flexibility index (Phi) is 5.09. The highest BCUT2D eigenvalue weighted by molar-refractivity contribution is 6.21. The predicted octanol–water partition coefficient (Wildman–Crippen LogP) is 4.94. The Bertz CT molecular complexity index is 630. The van der Waals surface area contributed by atoms with Crippen LogP contribution in [0.1, 0.15) is 24.2 Å². The summed E-state index contributed by atoms with van der Waals surface area (Å²) < 4.78 is 10.8. The van der Waals surface area contributed by atoms with Gasteiger partial charge < -0.3 is 9.47 Å². The summed E-state index contributed by atoms with van der Waals surface area (Å²) in [4.78, 5) is 12.3. The molecule has 0 N–H and O–H groups in total. The third-order valence-electron chi connectivity index (χ3n) is 3.36. The highest BCUT2D eigenvalue weighted by Gasteiger charge is 2.27. The number of benzene rings is 2. The summed E-state index contributed by atoms with van der Waals surface area (Å²) in [5.74, 6) is 2.47. The molecular weight excluding hydrogens is 300 g/mol. The maximum atomic E-state index is 12.3. The molecule has 0 heterocycles. The number of Topliss-reactive ketones (excluding diaryl/α,β-unsaturated/α-hetero) is 1. The van der Waals surface area contributed by atoms with Gasteiger partial charge in [0.05, 0.1) is 7.11 Å². The topological polar surface area (TPSA) is 35.5 Å². The Morgan fingerprint density at radius 1 is 0.955 bits per heavy atom. The minimum atomic E-state index is -0.570. The number of methoxy groups -OCH3 is 1. The molecule has 0 radical (unpaired) electrons. The van der Waals surface area contributed by atoms with Crippen LogP contribution in [-0.2, 0) is 0 Å². The molecule has 0 aliphatic carbocycles. The van der Waals surface area contributed by atoms with E-state index >= 15 is 0 Å². The normalized spacial score (nSPS) is 11.1. The van der Waals surface area contributed by atoms with E-state index in [9.17, 15) is 4.79 Å². The molecule has 0 aromatic heterocycles. The lowest BCUT2D eigenvalue weighted by atomic mass is 9.86. The van der Waals surface area contributed by atoms with E-state index < -0.39 is 5.41 Å². The van der Waals surface area contributed by atoms with Crippen molar-refractivity contribution in [1.82, 2.24) is 0 Å². The van der Waals surface area contributed by atoms with Crippen LogP contribution in [0.5, 0.6) is 17.2 Å². The third-order valence-corrected chi connectivity index (χ3v) is 4.03. The Labute approximate surface area is 135 Å². The first-order valence-electron chi connectivity index (χ1n) is 6.99. The van der Waals surface area contributed by atoms with Gasteiger partial charge in [-0.05, 0) is 48.5 Å². The number of ether oxygens (including phenoxy) is 2. The fourth-order valence-corrected chi connectivity index (χ4v) is 2.03. The largest absolute Gasteiger partial charge is 0.497 e. The average molecular weight is 319 g/mol. The zero-order valence-corrected chi connectivity index (χ0v) is 13.7. The van der Waals surface area contributed by atoms with E-state index in [0.717, 1.165) is 5.75 Å². The van der Waals surface area contributed by atoms with Crippen LogP contribution in [-0.4, -0.2) is 18.8 Å². The van der Waals surface area contributed by atoms with Gasteiger partial charge in [-0.25, -0.2) is 0 Å². The van der Waals surface area contributed by atoms with Crippen molar-refractivity contribution in [2.24, 2.45) is 5.41 Å². The van der Waals surface area contributed by atoms with Gasteiger partial charge in [0.15, 0.2) is 5.78 Å². The van der Waals surface area contributed by atoms with Gasteiger partial charge >= 0.3 is 0 Å². The van der Waals surface area contributed by atoms with Crippen molar-refractivity contribution in [3.05, 3.63) is 54.1 Å². The second-order valence-corrected chi connectivity index (χ2v) is 5.92. The maximum absolute atomic E-state index is 12.3. The van der Waals surface area contributed by atoms with E-state index in [-0.39, 0.29) is 11.7 Å². The van der Waals surface area contributed by atoms with Crippen molar-refractivity contribution in [3.8, 4) is 17.2 Å². The molecule has 0 saturated carbocycles. The summed E-state index contributed by atoms with van der Waals surface area (Å²) >= 11 is 5.85. The number of carbonyl (C=O) groups excluding carboxylic acids is 1. The van der Waals surface area contributed by atoms with Crippen molar-refractivity contribution in [1.29, 1.82) is 0 Å². The number of ketones is 1. The first-order chi connectivity index (χ1) is 10.5. The molecule has 0 spiro atoms. The van der Waals surface area contributed by atoms with Gasteiger partial charge in [0.1, 0.15) is 17.2 Å². The molecule has 0 fully saturated rings. The molecule has 0 amide bonds. The van der Waals surface area contributed by atoms with E-state index in [2.05, 4.69) is 0 Å². The van der Waals surface area contributed by atoms with Crippen LogP contribution in [0.15, 0.2) is 48.5 Å². The van der Waals surface area contributed by atoms with Crippen molar-refractivity contribution in [2.45, 2.75) is 13.8 Å². The molecule has 0 atom stereocenters. The average Bonchev–Trinajstić information content (AvgIpc) is 2.55. The standard InChI is InChI=1S/C18H19ClO3/c1-18(2,12-19)17(20)13-4-6-15(7-5-13)22-16-10-8-14(21-3)9-11-16/h4-11H,12H2,1-3H3. The third kappa shape index (κ3) is 3.80. The fraction of sp³-hybridized carbons (Fsp3) is 0.278. The van der Waals surface area contributed by atoms with Crippen LogP contribution in [0.25, 0.3) is 0 Å². The van der Waals surface area contributed by atoms with Gasteiger partial charge in [0.2, 0.25) is 0 Å². The molecule has 3 nitrogen and oxygen atoms in total. The molecule has 2 aromatic carbocycles. The lowest BCUT2D eigenvalue weighted by Gasteiger charge is -2.19. The van der Waals surface area contributed by atoms with Gasteiger partial charge in [-0.15, -0.1) is 11.6 Å². The molecule has 0 bridgehead atoms. The number of rotatable bonds is 6. The van der Waals surface area contributed by atoms with Crippen molar-refractivity contribution in [3.63, 3.8) is 0 Å². The molecule has 2 aromatic rings. The quantitative estimate of drug-likeness (QED) is 0.559. The number of carbonyl (C=O) groups is 1. The van der Waals surface area contributed by atoms with E-state index in [4.69, 9.17) is 21.1 Å². The SMILES string of the molecule is COc1ccc(Oc2ccc(C(=O)C(C)(C)CCl)cc2)cc1. The molecule has 2 rings (SSSR count). The number of alkyl halides is 1. The molecule has 0 aliphatic heterocycles. The summed E-state index contributed by atoms with van der Waals surface area (Å²) in [6.07, 6.45) is 0. The molecule has 0 saturated heterocycles. The maximum Gasteiger partial charge on any atom is 0.169 e. The van der Waals surface area contributed by atoms with E-state index in [1.165, 1.54) is 0 Å². The molecule has 0 aliphatic rings. The number of halogens is 1. The van der Waals surface area contributed by atoms with Crippen LogP contribution >= 0.6 is 11.6 Å². The lowest BCUT2D eigenvalue weighted by Crippen LogP contribution is -2.25. The summed E-state index contributed by atoms with van der Waals surface area (Å²) in [5, 5.41) is 0. The Hall–Kier alpha value is -2.00. The van der Waals surface area contributed by atoms with Gasteiger partial charge in [0.25, 0.3) is 0 Å². The van der Waals surface area contributed by atoms with Crippen LogP contribution in [0.2, 0.25) is 0 Å². The van der Waals surface area contributed by atoms with Gasteiger partial charge in [-0.3, -0.25) is 4.79 Å². The Morgan fingerprint density at radius 2 is 1.41 bits per heavy atom. The van der Waals surface area contributed by atoms with Gasteiger partial charge in [-0.1, -0.05) is 13.8 Å². The zero-order chi connectivity index (χ0) is 16.2. The Morgan fingerprint density at radius 3 is 1.86 bits per heavy atom. The van der Waals surface area contributed by atoms with Crippen LogP contribution in [0.3, 0.4) is 0 Å². The van der Waals surface area contributed by atoms with Crippen LogP contribution in [0.4, 0.5) is 0 Å². The monoisotopic (exact) mass is 318 g/mol. The summed E-state index contributed by atoms with van der Waals surface area (Å²) in [7, 11) is 1.62. The van der Waals surface area contributed by atoms with Crippen LogP contribution < -0.4 is 9.47 Å². The second kappa shape index (κ2) is 6.84. The van der Waals surface area contributed by atoms with Gasteiger partial charge in [-0.2, -0.15) is 0 Å². The minimum Gasteiger partial charge on any atom is -0.497 e. The van der Waals surface area contributed by atoms with Crippen LogP contribution in [0, 0.1) is 5.41 Å². The van der Waals surface area contributed by atoms with E-state index in [1.807, 2.05) is 38.1 Å². The predicted molar refractivity (Wildman–Crippen MR) is 88.3 cm³/mol.